The highest BCUT2D eigenvalue weighted by Crippen LogP contribution is 2.39. The molecule has 6 heteroatoms. The summed E-state index contributed by atoms with van der Waals surface area (Å²) in [6.07, 6.45) is 2.60. The second kappa shape index (κ2) is 7.49. The van der Waals surface area contributed by atoms with E-state index in [1.807, 2.05) is 0 Å². The minimum absolute atomic E-state index is 0.0265. The van der Waals surface area contributed by atoms with E-state index in [1.165, 1.54) is 7.11 Å². The fraction of sp³-hybridized carbons (Fsp3) is 0.500. The summed E-state index contributed by atoms with van der Waals surface area (Å²) in [4.78, 5) is 24.0. The van der Waals surface area contributed by atoms with Crippen molar-refractivity contribution in [2.45, 2.75) is 26.2 Å². The van der Waals surface area contributed by atoms with Crippen molar-refractivity contribution in [1.82, 2.24) is 5.32 Å². The quantitative estimate of drug-likeness (QED) is 0.758. The number of carbonyl (C=O) groups is 2. The maximum absolute atomic E-state index is 12.1. The molecule has 0 aromatic heterocycles. The minimum Gasteiger partial charge on any atom is -0.495 e. The fourth-order valence-electron chi connectivity index (χ4n) is 2.27. The number of unbranched alkanes of at least 4 members (excludes halogenated alkanes) is 1. The molecule has 0 spiro atoms. The highest BCUT2D eigenvalue weighted by molar-refractivity contribution is 6.32. The second-order valence-electron chi connectivity index (χ2n) is 5.43. The van der Waals surface area contributed by atoms with Crippen LogP contribution >= 0.6 is 11.6 Å². The van der Waals surface area contributed by atoms with Gasteiger partial charge in [-0.25, -0.2) is 0 Å². The highest BCUT2D eigenvalue weighted by Gasteiger charge is 2.47. The number of ether oxygens (including phenoxy) is 1. The summed E-state index contributed by atoms with van der Waals surface area (Å²) in [6.45, 7) is 2.74. The van der Waals surface area contributed by atoms with Crippen LogP contribution in [0.25, 0.3) is 0 Å². The molecule has 1 aliphatic carbocycles. The lowest BCUT2D eigenvalue weighted by atomic mass is 10.2. The van der Waals surface area contributed by atoms with Crippen LogP contribution in [-0.2, 0) is 9.59 Å². The predicted octanol–water partition coefficient (Wildman–Crippen LogP) is 2.84. The molecule has 2 N–H and O–H groups in total. The molecule has 0 bridgehead atoms. The Kier molecular flexibility index (Phi) is 5.66. The number of benzene rings is 1. The number of methoxy groups -OCH3 is 1. The molecule has 0 radical (unpaired) electrons. The van der Waals surface area contributed by atoms with Gasteiger partial charge in [0, 0.05) is 12.2 Å². The third kappa shape index (κ3) is 4.13. The summed E-state index contributed by atoms with van der Waals surface area (Å²) in [6, 6.07) is 5.05. The topological polar surface area (TPSA) is 67.4 Å². The van der Waals surface area contributed by atoms with Gasteiger partial charge < -0.3 is 15.4 Å². The zero-order chi connectivity index (χ0) is 16.1. The van der Waals surface area contributed by atoms with Crippen molar-refractivity contribution >= 4 is 29.1 Å². The van der Waals surface area contributed by atoms with E-state index >= 15 is 0 Å². The van der Waals surface area contributed by atoms with Crippen molar-refractivity contribution in [1.29, 1.82) is 0 Å². The Labute approximate surface area is 135 Å². The van der Waals surface area contributed by atoms with Gasteiger partial charge in [0.2, 0.25) is 11.8 Å². The molecule has 1 fully saturated rings. The lowest BCUT2D eigenvalue weighted by Gasteiger charge is -2.08. The summed E-state index contributed by atoms with van der Waals surface area (Å²) >= 11 is 6.02. The predicted molar refractivity (Wildman–Crippen MR) is 86.1 cm³/mol. The van der Waals surface area contributed by atoms with Crippen molar-refractivity contribution in [2.24, 2.45) is 11.8 Å². The SMILES string of the molecule is CCCCNC(=O)C1CC1C(=O)Nc1ccc(OC)c(Cl)c1. The lowest BCUT2D eigenvalue weighted by Crippen LogP contribution is -2.28. The monoisotopic (exact) mass is 324 g/mol. The molecule has 2 amide bonds. The van der Waals surface area contributed by atoms with E-state index < -0.39 is 0 Å². The average Bonchev–Trinajstić information content (AvgIpc) is 3.28. The molecule has 0 heterocycles. The van der Waals surface area contributed by atoms with Crippen LogP contribution in [0.2, 0.25) is 5.02 Å². The Morgan fingerprint density at radius 1 is 1.32 bits per heavy atom. The van der Waals surface area contributed by atoms with Gasteiger partial charge in [0.05, 0.1) is 24.0 Å². The van der Waals surface area contributed by atoms with Crippen LogP contribution in [-0.4, -0.2) is 25.5 Å². The van der Waals surface area contributed by atoms with Crippen LogP contribution in [0.4, 0.5) is 5.69 Å². The molecule has 0 aliphatic heterocycles. The first-order chi connectivity index (χ1) is 10.6. The summed E-state index contributed by atoms with van der Waals surface area (Å²) in [5.41, 5.74) is 0.604. The normalized spacial score (nSPS) is 19.4. The molecular weight excluding hydrogens is 304 g/mol. The molecule has 0 saturated heterocycles. The van der Waals surface area contributed by atoms with Gasteiger partial charge in [-0.15, -0.1) is 0 Å². The lowest BCUT2D eigenvalue weighted by molar-refractivity contribution is -0.125. The van der Waals surface area contributed by atoms with E-state index in [9.17, 15) is 9.59 Å². The standard InChI is InChI=1S/C16H21ClN2O3/c1-3-4-7-18-15(20)11-9-12(11)16(21)19-10-5-6-14(22-2)13(17)8-10/h5-6,8,11-12H,3-4,7,9H2,1-2H3,(H,18,20)(H,19,21). The number of carbonyl (C=O) groups excluding carboxylic acids is 2. The molecule has 5 nitrogen and oxygen atoms in total. The number of amides is 2. The molecule has 22 heavy (non-hydrogen) atoms. The molecule has 120 valence electrons. The second-order valence-corrected chi connectivity index (χ2v) is 5.84. The molecule has 2 rings (SSSR count). The zero-order valence-electron chi connectivity index (χ0n) is 12.8. The number of halogens is 1. The Bertz CT molecular complexity index is 562. The van der Waals surface area contributed by atoms with Crippen molar-refractivity contribution in [3.63, 3.8) is 0 Å². The number of hydrogen-bond acceptors (Lipinski definition) is 3. The maximum atomic E-state index is 12.1. The summed E-state index contributed by atoms with van der Waals surface area (Å²) < 4.78 is 5.06. The fourth-order valence-corrected chi connectivity index (χ4v) is 2.53. The molecule has 1 aromatic rings. The number of hydrogen-bond donors (Lipinski definition) is 2. The van der Waals surface area contributed by atoms with Gasteiger partial charge >= 0.3 is 0 Å². The Balaban J connectivity index is 1.84. The Hall–Kier alpha value is -1.75. The molecule has 1 saturated carbocycles. The molecule has 2 atom stereocenters. The first kappa shape index (κ1) is 16.6. The summed E-state index contributed by atoms with van der Waals surface area (Å²) in [5.74, 6) is -0.0643. The zero-order valence-corrected chi connectivity index (χ0v) is 13.6. The van der Waals surface area contributed by atoms with Crippen molar-refractivity contribution in [3.05, 3.63) is 23.2 Å². The highest BCUT2D eigenvalue weighted by atomic mass is 35.5. The molecule has 2 unspecified atom stereocenters. The van der Waals surface area contributed by atoms with Gasteiger partial charge in [-0.05, 0) is 31.0 Å². The van der Waals surface area contributed by atoms with Crippen LogP contribution in [0.15, 0.2) is 18.2 Å². The molecule has 1 aliphatic rings. The van der Waals surface area contributed by atoms with E-state index in [0.717, 1.165) is 12.8 Å². The smallest absolute Gasteiger partial charge is 0.228 e. The van der Waals surface area contributed by atoms with Crippen LogP contribution in [0, 0.1) is 11.8 Å². The van der Waals surface area contributed by atoms with Crippen LogP contribution in [0.3, 0.4) is 0 Å². The van der Waals surface area contributed by atoms with E-state index in [4.69, 9.17) is 16.3 Å². The van der Waals surface area contributed by atoms with Crippen LogP contribution < -0.4 is 15.4 Å². The number of anilines is 1. The van der Waals surface area contributed by atoms with E-state index in [0.29, 0.717) is 29.4 Å². The number of nitrogens with one attached hydrogen (secondary N) is 2. The van der Waals surface area contributed by atoms with E-state index in [2.05, 4.69) is 17.6 Å². The maximum Gasteiger partial charge on any atom is 0.228 e. The molecular formula is C16H21ClN2O3. The average molecular weight is 325 g/mol. The summed E-state index contributed by atoms with van der Waals surface area (Å²) in [7, 11) is 1.53. The van der Waals surface area contributed by atoms with Crippen molar-refractivity contribution in [3.8, 4) is 5.75 Å². The number of rotatable bonds is 7. The van der Waals surface area contributed by atoms with E-state index in [1.54, 1.807) is 18.2 Å². The largest absolute Gasteiger partial charge is 0.495 e. The van der Waals surface area contributed by atoms with Crippen LogP contribution in [0.1, 0.15) is 26.2 Å². The minimum atomic E-state index is -0.248. The van der Waals surface area contributed by atoms with Gasteiger partial charge in [-0.2, -0.15) is 0 Å². The molecule has 1 aromatic carbocycles. The van der Waals surface area contributed by atoms with Gasteiger partial charge in [0.25, 0.3) is 0 Å². The van der Waals surface area contributed by atoms with Crippen molar-refractivity contribution in [2.75, 3.05) is 19.0 Å². The van der Waals surface area contributed by atoms with Crippen molar-refractivity contribution < 1.29 is 14.3 Å². The van der Waals surface area contributed by atoms with Gasteiger partial charge in [0.1, 0.15) is 5.75 Å². The Morgan fingerprint density at radius 2 is 2.05 bits per heavy atom. The first-order valence-corrected chi connectivity index (χ1v) is 7.86. The van der Waals surface area contributed by atoms with Gasteiger partial charge in [0.15, 0.2) is 0 Å². The first-order valence-electron chi connectivity index (χ1n) is 7.49. The Morgan fingerprint density at radius 3 is 2.68 bits per heavy atom. The third-order valence-corrected chi connectivity index (χ3v) is 4.01. The summed E-state index contributed by atoms with van der Waals surface area (Å²) in [5, 5.41) is 6.09. The van der Waals surface area contributed by atoms with Gasteiger partial charge in [-0.1, -0.05) is 24.9 Å². The van der Waals surface area contributed by atoms with Gasteiger partial charge in [-0.3, -0.25) is 9.59 Å². The van der Waals surface area contributed by atoms with E-state index in [-0.39, 0.29) is 23.7 Å². The van der Waals surface area contributed by atoms with Crippen LogP contribution in [0.5, 0.6) is 5.75 Å². The third-order valence-electron chi connectivity index (χ3n) is 3.71.